The fraction of sp³-hybridized carbons (Fsp3) is 0.400. The summed E-state index contributed by atoms with van der Waals surface area (Å²) in [7, 11) is 4.07. The molecule has 7 rings (SSSR count). The molecule has 278 valence electrons. The number of nitrogens with zero attached hydrogens (tertiary/aromatic N) is 4. The second-order valence-electron chi connectivity index (χ2n) is 14.0. The molecule has 13 heteroatoms. The number of hydrogen-bond acceptors (Lipinski definition) is 10. The number of nitrogens with one attached hydrogen (secondary N) is 2. The lowest BCUT2D eigenvalue weighted by Crippen LogP contribution is -2.38. The van der Waals surface area contributed by atoms with E-state index < -0.39 is 17.2 Å². The van der Waals surface area contributed by atoms with E-state index in [2.05, 4.69) is 32.3 Å². The quantitative estimate of drug-likeness (QED) is 0.0969. The Morgan fingerprint density at radius 3 is 2.28 bits per heavy atom. The molecule has 1 saturated heterocycles. The zero-order valence-corrected chi connectivity index (χ0v) is 30.4. The molecule has 0 radical (unpaired) electrons. The first-order valence-corrected chi connectivity index (χ1v) is 18.3. The normalized spacial score (nSPS) is 14.2. The molecule has 0 bridgehead atoms. The van der Waals surface area contributed by atoms with Crippen molar-refractivity contribution in [3.8, 4) is 0 Å². The van der Waals surface area contributed by atoms with Crippen LogP contribution < -0.4 is 26.9 Å². The Morgan fingerprint density at radius 1 is 0.868 bits per heavy atom. The number of carbonyl (C=O) groups is 1. The van der Waals surface area contributed by atoms with Crippen molar-refractivity contribution in [2.24, 2.45) is 0 Å². The molecular weight excluding hydrogens is 679 g/mol. The molecule has 0 aliphatic carbocycles. The van der Waals surface area contributed by atoms with Gasteiger partial charge in [-0.1, -0.05) is 31.2 Å². The number of benzene rings is 4. The maximum absolute atomic E-state index is 16.1. The third-order valence-corrected chi connectivity index (χ3v) is 10.2. The highest BCUT2D eigenvalue weighted by Crippen LogP contribution is 2.34. The van der Waals surface area contributed by atoms with Crippen LogP contribution in [0.15, 0.2) is 67.5 Å². The topological polar surface area (TPSA) is 129 Å². The van der Waals surface area contributed by atoms with Crippen LogP contribution in [-0.4, -0.2) is 111 Å². The molecule has 4 aromatic carbocycles. The molecule has 53 heavy (non-hydrogen) atoms. The van der Waals surface area contributed by atoms with Gasteiger partial charge in [0.2, 0.25) is 5.43 Å². The van der Waals surface area contributed by atoms with Crippen molar-refractivity contribution in [3.05, 3.63) is 90.7 Å². The lowest BCUT2D eigenvalue weighted by atomic mass is 10.0. The van der Waals surface area contributed by atoms with E-state index in [4.69, 9.17) is 9.15 Å². The molecule has 2 aromatic heterocycles. The zero-order valence-electron chi connectivity index (χ0n) is 30.4. The van der Waals surface area contributed by atoms with Gasteiger partial charge < -0.3 is 34.0 Å². The lowest BCUT2D eigenvalue weighted by Gasteiger charge is -2.26. The number of rotatable bonds is 14. The number of ether oxygens (including phenoxy) is 1. The minimum absolute atomic E-state index is 0.0408. The summed E-state index contributed by atoms with van der Waals surface area (Å²) >= 11 is 0. The van der Waals surface area contributed by atoms with Crippen LogP contribution in [-0.2, 0) is 4.74 Å². The van der Waals surface area contributed by atoms with Crippen molar-refractivity contribution in [2.75, 3.05) is 91.5 Å². The SMILES string of the molecule is CCN(CCCNc1c(F)cc2c(=O)c(C(=O)NCCCN3CCOCC3)cn3c4cc5c(=O)c6ccccc6c(=O)c5cc4oc1c23)CCN(C)C. The second kappa shape index (κ2) is 15.6. The fourth-order valence-corrected chi connectivity index (χ4v) is 7.25. The number of fused-ring (bicyclic) bond motifs is 4. The van der Waals surface area contributed by atoms with E-state index in [1.54, 1.807) is 34.7 Å². The molecular formula is C40H45FN6O6. The highest BCUT2D eigenvalue weighted by atomic mass is 19.1. The molecule has 0 atom stereocenters. The Kier molecular flexibility index (Phi) is 10.7. The second-order valence-corrected chi connectivity index (χ2v) is 14.0. The molecule has 3 heterocycles. The summed E-state index contributed by atoms with van der Waals surface area (Å²) < 4.78 is 29.5. The van der Waals surface area contributed by atoms with Crippen LogP contribution in [0, 0.1) is 5.82 Å². The monoisotopic (exact) mass is 724 g/mol. The van der Waals surface area contributed by atoms with Crippen LogP contribution >= 0.6 is 0 Å². The summed E-state index contributed by atoms with van der Waals surface area (Å²) in [6.07, 6.45) is 2.82. The van der Waals surface area contributed by atoms with E-state index in [0.717, 1.165) is 58.3 Å². The van der Waals surface area contributed by atoms with Gasteiger partial charge in [0.25, 0.3) is 5.91 Å². The van der Waals surface area contributed by atoms with Gasteiger partial charge >= 0.3 is 0 Å². The van der Waals surface area contributed by atoms with Crippen LogP contribution in [0.3, 0.4) is 0 Å². The van der Waals surface area contributed by atoms with E-state index in [1.165, 1.54) is 12.3 Å². The molecule has 12 nitrogen and oxygen atoms in total. The van der Waals surface area contributed by atoms with Gasteiger partial charge in [-0.05, 0) is 64.8 Å². The first-order chi connectivity index (χ1) is 25.7. The summed E-state index contributed by atoms with van der Waals surface area (Å²) in [5.74, 6) is -1.30. The lowest BCUT2D eigenvalue weighted by molar-refractivity contribution is 0.0374. The van der Waals surface area contributed by atoms with Gasteiger partial charge in [0.05, 0.1) is 24.1 Å². The number of anilines is 1. The van der Waals surface area contributed by atoms with Gasteiger partial charge in [-0.25, -0.2) is 4.39 Å². The highest BCUT2D eigenvalue weighted by Gasteiger charge is 2.24. The summed E-state index contributed by atoms with van der Waals surface area (Å²) in [6, 6.07) is 10.8. The van der Waals surface area contributed by atoms with Gasteiger partial charge in [0.1, 0.15) is 16.8 Å². The van der Waals surface area contributed by atoms with Crippen molar-refractivity contribution in [1.82, 2.24) is 24.4 Å². The summed E-state index contributed by atoms with van der Waals surface area (Å²) in [4.78, 5) is 61.6. The first kappa shape index (κ1) is 36.4. The predicted octanol–water partition coefficient (Wildman–Crippen LogP) is 3.94. The minimum atomic E-state index is -0.708. The van der Waals surface area contributed by atoms with Crippen LogP contribution in [0.4, 0.5) is 10.1 Å². The molecule has 1 aliphatic rings. The third-order valence-electron chi connectivity index (χ3n) is 10.2. The number of aromatic nitrogens is 1. The van der Waals surface area contributed by atoms with E-state index in [1.807, 2.05) is 14.1 Å². The average molecular weight is 725 g/mol. The van der Waals surface area contributed by atoms with Gasteiger partial charge in [-0.3, -0.25) is 24.1 Å². The van der Waals surface area contributed by atoms with E-state index in [0.29, 0.717) is 49.0 Å². The van der Waals surface area contributed by atoms with Crippen LogP contribution in [0.25, 0.3) is 49.1 Å². The maximum atomic E-state index is 16.1. The van der Waals surface area contributed by atoms with Crippen LogP contribution in [0.2, 0.25) is 0 Å². The number of carbonyl (C=O) groups excluding carboxylic acids is 1. The molecule has 0 spiro atoms. The minimum Gasteiger partial charge on any atom is -0.451 e. The van der Waals surface area contributed by atoms with Crippen molar-refractivity contribution >= 4 is 60.7 Å². The smallest absolute Gasteiger partial charge is 0.256 e. The summed E-state index contributed by atoms with van der Waals surface area (Å²) in [6.45, 7) is 10.2. The van der Waals surface area contributed by atoms with Crippen LogP contribution in [0.5, 0.6) is 0 Å². The number of hydrogen-bond donors (Lipinski definition) is 2. The molecule has 1 amide bonds. The third kappa shape index (κ3) is 7.21. The molecule has 0 unspecified atom stereocenters. The largest absolute Gasteiger partial charge is 0.451 e. The van der Waals surface area contributed by atoms with Crippen molar-refractivity contribution in [3.63, 3.8) is 0 Å². The number of likely N-dealkylation sites (N-methyl/N-ethyl adjacent to an activating group) is 2. The van der Waals surface area contributed by atoms with E-state index in [-0.39, 0.29) is 54.9 Å². The maximum Gasteiger partial charge on any atom is 0.256 e. The predicted molar refractivity (Wildman–Crippen MR) is 208 cm³/mol. The van der Waals surface area contributed by atoms with Crippen LogP contribution in [0.1, 0.15) is 30.1 Å². The van der Waals surface area contributed by atoms with Crippen molar-refractivity contribution < 1.29 is 18.3 Å². The van der Waals surface area contributed by atoms with Gasteiger partial charge in [0.15, 0.2) is 27.8 Å². The fourth-order valence-electron chi connectivity index (χ4n) is 7.25. The highest BCUT2D eigenvalue weighted by molar-refractivity contribution is 6.08. The number of halogens is 1. The standard InChI is InChI=1S/C40H45FN6O6/c1-4-45(16-15-44(2)3)13-7-11-42-34-31(41)21-29-35-39(34)53-33-23-28-27(36(48)25-9-5-6-10-26(25)37(28)49)22-32(33)47(35)24-30(38(29)50)40(51)43-12-8-14-46-17-19-52-20-18-46/h5-6,9-10,21-24,42H,4,7-8,11-20H2,1-3H3,(H,43,51). The van der Waals surface area contributed by atoms with Crippen molar-refractivity contribution in [2.45, 2.75) is 19.8 Å². The van der Waals surface area contributed by atoms with E-state index in [9.17, 15) is 19.2 Å². The summed E-state index contributed by atoms with van der Waals surface area (Å²) in [5, 5.41) is 6.95. The molecule has 2 N–H and O–H groups in total. The number of pyridine rings is 1. The average Bonchev–Trinajstić information content (AvgIpc) is 3.16. The first-order valence-electron chi connectivity index (χ1n) is 18.3. The van der Waals surface area contributed by atoms with Crippen molar-refractivity contribution in [1.29, 1.82) is 0 Å². The Labute approximate surface area is 305 Å². The van der Waals surface area contributed by atoms with Gasteiger partial charge in [-0.15, -0.1) is 0 Å². The number of amides is 1. The molecule has 1 aliphatic heterocycles. The Morgan fingerprint density at radius 2 is 1.58 bits per heavy atom. The van der Waals surface area contributed by atoms with E-state index >= 15 is 4.39 Å². The molecule has 6 aromatic rings. The van der Waals surface area contributed by atoms with Gasteiger partial charge in [0, 0.05) is 67.0 Å². The van der Waals surface area contributed by atoms with Gasteiger partial charge in [-0.2, -0.15) is 0 Å². The Balaban J connectivity index is 1.32. The molecule has 1 fully saturated rings. The summed E-state index contributed by atoms with van der Waals surface area (Å²) in [5.41, 5.74) is -0.548. The molecule has 0 saturated carbocycles. The Hall–Kier alpha value is -4.95. The zero-order chi connectivity index (χ0) is 37.2. The number of morpholine rings is 1. The Bertz CT molecular complexity index is 2490.